The second kappa shape index (κ2) is 13.3. The molecule has 2 aromatic heterocycles. The van der Waals surface area contributed by atoms with Crippen LogP contribution in [0.3, 0.4) is 0 Å². The number of ketones is 1. The molecular weight excluding hydrogens is 536 g/mol. The number of piperidine rings is 1. The Hall–Kier alpha value is -4.30. The Bertz CT molecular complexity index is 1520. The lowest BCUT2D eigenvalue weighted by Gasteiger charge is -2.30. The fourth-order valence-electron chi connectivity index (χ4n) is 5.64. The maximum absolute atomic E-state index is 13.6. The molecule has 1 aliphatic rings. The summed E-state index contributed by atoms with van der Waals surface area (Å²) in [5.74, 6) is 0.978. The highest BCUT2D eigenvalue weighted by Gasteiger charge is 2.30. The third-order valence-electron chi connectivity index (χ3n) is 8.11. The zero-order valence-electron chi connectivity index (χ0n) is 25.6. The molecule has 3 heterocycles. The average molecular weight is 579 g/mol. The van der Waals surface area contributed by atoms with Crippen molar-refractivity contribution in [2.24, 2.45) is 5.92 Å². The van der Waals surface area contributed by atoms with Crippen molar-refractivity contribution < 1.29 is 9.59 Å². The van der Waals surface area contributed by atoms with E-state index >= 15 is 0 Å². The molecule has 0 aliphatic carbocycles. The third kappa shape index (κ3) is 7.76. The van der Waals surface area contributed by atoms with E-state index in [0.717, 1.165) is 54.0 Å². The lowest BCUT2D eigenvalue weighted by Crippen LogP contribution is -2.33. The molecule has 2 amide bonds. The number of pyridine rings is 1. The molecule has 1 aliphatic heterocycles. The van der Waals surface area contributed by atoms with Crippen molar-refractivity contribution in [2.45, 2.75) is 64.7 Å². The number of rotatable bonds is 9. The van der Waals surface area contributed by atoms with E-state index < -0.39 is 0 Å². The number of benzene rings is 2. The number of Topliss-reactive ketones (excluding diaryl/α,β-unsaturated/α-hetero) is 1. The fourth-order valence-corrected chi connectivity index (χ4v) is 5.64. The van der Waals surface area contributed by atoms with E-state index in [4.69, 9.17) is 5.10 Å². The van der Waals surface area contributed by atoms with Gasteiger partial charge in [-0.25, -0.2) is 9.48 Å². The molecule has 5 rings (SSSR count). The Kier molecular flexibility index (Phi) is 9.36. The van der Waals surface area contributed by atoms with Gasteiger partial charge in [0.15, 0.2) is 0 Å². The Morgan fingerprint density at radius 1 is 1.00 bits per heavy atom. The number of anilines is 2. The number of aryl methyl sites for hydroxylation is 2. The quantitative estimate of drug-likeness (QED) is 0.203. The second-order valence-corrected chi connectivity index (χ2v) is 12.5. The van der Waals surface area contributed by atoms with Crippen LogP contribution < -0.4 is 16.0 Å². The van der Waals surface area contributed by atoms with Gasteiger partial charge in [0.2, 0.25) is 0 Å². The number of hydrogen-bond acceptors (Lipinski definition) is 5. The van der Waals surface area contributed by atoms with Gasteiger partial charge in [0.05, 0.1) is 11.4 Å². The Labute approximate surface area is 254 Å². The van der Waals surface area contributed by atoms with Crippen LogP contribution in [0.4, 0.5) is 16.3 Å². The number of nitrogens with zero attached hydrogens (tertiary/aromatic N) is 3. The van der Waals surface area contributed by atoms with Crippen LogP contribution in [0.1, 0.15) is 68.3 Å². The number of aromatic nitrogens is 3. The predicted octanol–water partition coefficient (Wildman–Crippen LogP) is 6.80. The molecular formula is C35H42N6O2. The van der Waals surface area contributed by atoms with Crippen LogP contribution in [-0.4, -0.2) is 39.7 Å². The average Bonchev–Trinajstić information content (AvgIpc) is 3.43. The molecule has 4 aromatic rings. The summed E-state index contributed by atoms with van der Waals surface area (Å²) >= 11 is 0. The van der Waals surface area contributed by atoms with Crippen LogP contribution in [0.15, 0.2) is 79.1 Å². The highest BCUT2D eigenvalue weighted by Crippen LogP contribution is 2.34. The van der Waals surface area contributed by atoms with Gasteiger partial charge < -0.3 is 10.6 Å². The standard InChI is InChI=1S/C35H42N6O2/c1-24-7-14-29(15-8-24)41-32(22-31(40-41)35(2,3)4)39-34(43)38-28-12-10-26(11-13-28)33(27-17-20-36-21-18-27)30(42)16-9-25-6-5-19-37-23-25/h5-8,10-15,19,22-23,27,33,36H,9,16-18,20-21H2,1-4H3,(H2,38,39,43). The normalized spacial score (nSPS) is 14.7. The van der Waals surface area contributed by atoms with E-state index in [9.17, 15) is 9.59 Å². The van der Waals surface area contributed by atoms with Crippen LogP contribution in [0.25, 0.3) is 5.69 Å². The molecule has 1 fully saturated rings. The number of carbonyl (C=O) groups excluding carboxylic acids is 2. The summed E-state index contributed by atoms with van der Waals surface area (Å²) in [6.45, 7) is 10.2. The largest absolute Gasteiger partial charge is 0.324 e. The molecule has 1 atom stereocenters. The minimum absolute atomic E-state index is 0.165. The molecule has 0 spiro atoms. The first-order valence-corrected chi connectivity index (χ1v) is 15.2. The van der Waals surface area contributed by atoms with Crippen molar-refractivity contribution in [2.75, 3.05) is 23.7 Å². The Morgan fingerprint density at radius 3 is 2.37 bits per heavy atom. The molecule has 224 valence electrons. The van der Waals surface area contributed by atoms with Gasteiger partial charge in [-0.15, -0.1) is 0 Å². The summed E-state index contributed by atoms with van der Waals surface area (Å²) in [4.78, 5) is 30.9. The van der Waals surface area contributed by atoms with E-state index in [-0.39, 0.29) is 23.1 Å². The first-order chi connectivity index (χ1) is 20.7. The molecule has 1 unspecified atom stereocenters. The van der Waals surface area contributed by atoms with E-state index in [1.165, 1.54) is 0 Å². The summed E-state index contributed by atoms with van der Waals surface area (Å²) in [7, 11) is 0. The zero-order chi connectivity index (χ0) is 30.4. The third-order valence-corrected chi connectivity index (χ3v) is 8.11. The van der Waals surface area contributed by atoms with Gasteiger partial charge in [-0.2, -0.15) is 5.10 Å². The lowest BCUT2D eigenvalue weighted by atomic mass is 9.76. The highest BCUT2D eigenvalue weighted by molar-refractivity contribution is 5.99. The smallest absolute Gasteiger partial charge is 0.317 e. The van der Waals surface area contributed by atoms with Gasteiger partial charge in [0, 0.05) is 41.9 Å². The molecule has 8 heteroatoms. The van der Waals surface area contributed by atoms with E-state index in [2.05, 4.69) is 41.7 Å². The Balaban J connectivity index is 1.30. The minimum Gasteiger partial charge on any atom is -0.317 e. The van der Waals surface area contributed by atoms with Crippen LogP contribution >= 0.6 is 0 Å². The number of urea groups is 1. The Morgan fingerprint density at radius 2 is 1.72 bits per heavy atom. The molecule has 43 heavy (non-hydrogen) atoms. The SMILES string of the molecule is Cc1ccc(-n2nc(C(C)(C)C)cc2NC(=O)Nc2ccc(C(C(=O)CCc3cccnc3)C3CCNCC3)cc2)cc1. The van der Waals surface area contributed by atoms with Gasteiger partial charge in [-0.1, -0.05) is 56.7 Å². The van der Waals surface area contributed by atoms with Crippen molar-refractivity contribution >= 4 is 23.3 Å². The number of amides is 2. The van der Waals surface area contributed by atoms with Crippen molar-refractivity contribution in [3.05, 3.63) is 102 Å². The van der Waals surface area contributed by atoms with Crippen LogP contribution in [0.2, 0.25) is 0 Å². The maximum Gasteiger partial charge on any atom is 0.324 e. The lowest BCUT2D eigenvalue weighted by molar-refractivity contribution is -0.121. The first kappa shape index (κ1) is 30.2. The van der Waals surface area contributed by atoms with E-state index in [0.29, 0.717) is 30.3 Å². The van der Waals surface area contributed by atoms with Gasteiger partial charge in [0.25, 0.3) is 0 Å². The van der Waals surface area contributed by atoms with Crippen LogP contribution in [-0.2, 0) is 16.6 Å². The summed E-state index contributed by atoms with van der Waals surface area (Å²) in [5.41, 5.74) is 5.46. The maximum atomic E-state index is 13.6. The molecule has 2 aromatic carbocycles. The zero-order valence-corrected chi connectivity index (χ0v) is 25.6. The summed E-state index contributed by atoms with van der Waals surface area (Å²) in [5, 5.41) is 14.2. The van der Waals surface area contributed by atoms with Crippen molar-refractivity contribution in [3.63, 3.8) is 0 Å². The van der Waals surface area contributed by atoms with Crippen molar-refractivity contribution in [1.82, 2.24) is 20.1 Å². The highest BCUT2D eigenvalue weighted by atomic mass is 16.2. The minimum atomic E-state index is -0.357. The van der Waals surface area contributed by atoms with Crippen LogP contribution in [0, 0.1) is 12.8 Å². The second-order valence-electron chi connectivity index (χ2n) is 12.5. The number of nitrogens with one attached hydrogen (secondary N) is 3. The van der Waals surface area contributed by atoms with Gasteiger partial charge in [-0.3, -0.25) is 15.1 Å². The molecule has 3 N–H and O–H groups in total. The van der Waals surface area contributed by atoms with Gasteiger partial charge in [-0.05, 0) is 86.7 Å². The van der Waals surface area contributed by atoms with Crippen LogP contribution in [0.5, 0.6) is 0 Å². The van der Waals surface area contributed by atoms with Gasteiger partial charge >= 0.3 is 6.03 Å². The number of hydrogen-bond donors (Lipinski definition) is 3. The topological polar surface area (TPSA) is 101 Å². The van der Waals surface area contributed by atoms with Crippen molar-refractivity contribution in [1.29, 1.82) is 0 Å². The fraction of sp³-hybridized carbons (Fsp3) is 0.371. The summed E-state index contributed by atoms with van der Waals surface area (Å²) < 4.78 is 1.77. The summed E-state index contributed by atoms with van der Waals surface area (Å²) in [6.07, 6.45) is 6.68. The first-order valence-electron chi connectivity index (χ1n) is 15.2. The molecule has 0 bridgehead atoms. The van der Waals surface area contributed by atoms with Crippen molar-refractivity contribution in [3.8, 4) is 5.69 Å². The van der Waals surface area contributed by atoms with E-state index in [1.807, 2.05) is 79.9 Å². The van der Waals surface area contributed by atoms with Gasteiger partial charge in [0.1, 0.15) is 11.6 Å². The molecule has 0 radical (unpaired) electrons. The monoisotopic (exact) mass is 578 g/mol. The predicted molar refractivity (Wildman–Crippen MR) is 172 cm³/mol. The molecule has 8 nitrogen and oxygen atoms in total. The summed E-state index contributed by atoms with van der Waals surface area (Å²) in [6, 6.07) is 21.3. The molecule has 1 saturated heterocycles. The van der Waals surface area contributed by atoms with E-state index in [1.54, 1.807) is 10.9 Å². The molecule has 0 saturated carbocycles. The number of carbonyl (C=O) groups is 2.